The Morgan fingerprint density at radius 2 is 1.70 bits per heavy atom. The molecule has 7 heteroatoms. The predicted molar refractivity (Wildman–Crippen MR) is 126 cm³/mol. The summed E-state index contributed by atoms with van der Waals surface area (Å²) >= 11 is 0. The van der Waals surface area contributed by atoms with Crippen molar-refractivity contribution in [3.63, 3.8) is 0 Å². The van der Waals surface area contributed by atoms with Crippen molar-refractivity contribution in [3.05, 3.63) is 96.4 Å². The van der Waals surface area contributed by atoms with Gasteiger partial charge in [-0.3, -0.25) is 4.79 Å². The van der Waals surface area contributed by atoms with E-state index in [1.165, 1.54) is 6.20 Å². The molecule has 0 fully saturated rings. The number of amides is 1. The largest absolute Gasteiger partial charge is 0.452 e. The lowest BCUT2D eigenvalue weighted by Gasteiger charge is -2.13. The molecule has 0 aliphatic rings. The van der Waals surface area contributed by atoms with Gasteiger partial charge in [-0.2, -0.15) is 5.10 Å². The third-order valence-electron chi connectivity index (χ3n) is 5.06. The highest BCUT2D eigenvalue weighted by molar-refractivity contribution is 5.98. The molecule has 0 bridgehead atoms. The standard InChI is InChI=1S/C26H24N4O3/c1-18(2)25-21(16-28-30(25)23-14-8-9-15-27-23)26(32)33-17-24(31)29-22-13-7-6-12-20(22)19-10-4-3-5-11-19/h3-16,18H,17H2,1-2H3,(H,29,31). The van der Waals surface area contributed by atoms with E-state index < -0.39 is 18.5 Å². The summed E-state index contributed by atoms with van der Waals surface area (Å²) in [7, 11) is 0. The molecule has 0 atom stereocenters. The Labute approximate surface area is 192 Å². The summed E-state index contributed by atoms with van der Waals surface area (Å²) in [6.45, 7) is 3.51. The third-order valence-corrected chi connectivity index (χ3v) is 5.06. The van der Waals surface area contributed by atoms with Crippen LogP contribution in [-0.2, 0) is 9.53 Å². The van der Waals surface area contributed by atoms with Crippen LogP contribution >= 0.6 is 0 Å². The van der Waals surface area contributed by atoms with E-state index in [2.05, 4.69) is 15.4 Å². The number of pyridine rings is 1. The SMILES string of the molecule is CC(C)c1c(C(=O)OCC(=O)Nc2ccccc2-c2ccccc2)cnn1-c1ccccn1. The van der Waals surface area contributed by atoms with Crippen LogP contribution < -0.4 is 5.32 Å². The molecule has 0 aliphatic carbocycles. The molecule has 1 amide bonds. The number of nitrogens with zero attached hydrogens (tertiary/aromatic N) is 3. The van der Waals surface area contributed by atoms with E-state index >= 15 is 0 Å². The molecule has 4 aromatic rings. The lowest BCUT2D eigenvalue weighted by molar-refractivity contribution is -0.119. The predicted octanol–water partition coefficient (Wildman–Crippen LogP) is 4.85. The van der Waals surface area contributed by atoms with Crippen LogP contribution in [0.25, 0.3) is 16.9 Å². The molecule has 4 rings (SSSR count). The van der Waals surface area contributed by atoms with E-state index in [1.807, 2.05) is 86.6 Å². The zero-order valence-corrected chi connectivity index (χ0v) is 18.4. The number of hydrogen-bond acceptors (Lipinski definition) is 5. The van der Waals surface area contributed by atoms with Crippen molar-refractivity contribution in [1.29, 1.82) is 0 Å². The summed E-state index contributed by atoms with van der Waals surface area (Å²) in [6, 6.07) is 22.7. The molecule has 2 aromatic carbocycles. The highest BCUT2D eigenvalue weighted by Gasteiger charge is 2.23. The molecule has 0 radical (unpaired) electrons. The van der Waals surface area contributed by atoms with Crippen LogP contribution in [0.5, 0.6) is 0 Å². The molecule has 166 valence electrons. The van der Waals surface area contributed by atoms with Crippen LogP contribution in [0.1, 0.15) is 35.8 Å². The minimum atomic E-state index is -0.604. The quantitative estimate of drug-likeness (QED) is 0.415. The molecule has 0 saturated heterocycles. The van der Waals surface area contributed by atoms with Crippen LogP contribution in [0.15, 0.2) is 85.2 Å². The minimum absolute atomic E-state index is 0.0105. The molecule has 0 saturated carbocycles. The molecule has 2 heterocycles. The number of benzene rings is 2. The van der Waals surface area contributed by atoms with Crippen molar-refractivity contribution in [2.75, 3.05) is 11.9 Å². The normalized spacial score (nSPS) is 10.8. The third kappa shape index (κ3) is 4.98. The van der Waals surface area contributed by atoms with E-state index in [1.54, 1.807) is 10.9 Å². The van der Waals surface area contributed by atoms with Crippen molar-refractivity contribution < 1.29 is 14.3 Å². The summed E-state index contributed by atoms with van der Waals surface area (Å²) < 4.78 is 6.95. The van der Waals surface area contributed by atoms with E-state index in [0.29, 0.717) is 22.8 Å². The first-order chi connectivity index (χ1) is 16.0. The van der Waals surface area contributed by atoms with Gasteiger partial charge in [0.2, 0.25) is 0 Å². The van der Waals surface area contributed by atoms with Gasteiger partial charge < -0.3 is 10.1 Å². The van der Waals surface area contributed by atoms with Crippen LogP contribution in [0, 0.1) is 0 Å². The second-order valence-electron chi connectivity index (χ2n) is 7.73. The Bertz CT molecular complexity index is 1250. The number of hydrogen-bond donors (Lipinski definition) is 1. The first kappa shape index (κ1) is 22.0. The second-order valence-corrected chi connectivity index (χ2v) is 7.73. The van der Waals surface area contributed by atoms with Gasteiger partial charge in [-0.1, -0.05) is 68.4 Å². The molecular weight excluding hydrogens is 416 g/mol. The Kier molecular flexibility index (Phi) is 6.59. The van der Waals surface area contributed by atoms with Gasteiger partial charge >= 0.3 is 5.97 Å². The number of nitrogens with one attached hydrogen (secondary N) is 1. The van der Waals surface area contributed by atoms with E-state index in [9.17, 15) is 9.59 Å². The van der Waals surface area contributed by atoms with Crippen LogP contribution in [0.2, 0.25) is 0 Å². The summed E-state index contributed by atoms with van der Waals surface area (Å²) in [5, 5.41) is 7.16. The number of rotatable bonds is 7. The summed E-state index contributed by atoms with van der Waals surface area (Å²) in [6.07, 6.45) is 3.12. The number of carbonyl (C=O) groups excluding carboxylic acids is 2. The van der Waals surface area contributed by atoms with Crippen LogP contribution in [-0.4, -0.2) is 33.2 Å². The Balaban J connectivity index is 1.46. The van der Waals surface area contributed by atoms with Gasteiger partial charge in [0, 0.05) is 17.4 Å². The Hall–Kier alpha value is -4.26. The number of anilines is 1. The molecule has 7 nitrogen and oxygen atoms in total. The molecule has 0 aliphatic heterocycles. The highest BCUT2D eigenvalue weighted by atomic mass is 16.5. The molecular formula is C26H24N4O3. The van der Waals surface area contributed by atoms with Gasteiger partial charge in [0.1, 0.15) is 5.56 Å². The summed E-state index contributed by atoms with van der Waals surface area (Å²) in [5.74, 6) is -0.429. The molecule has 0 spiro atoms. The van der Waals surface area contributed by atoms with Crippen molar-refractivity contribution in [2.45, 2.75) is 19.8 Å². The molecule has 2 aromatic heterocycles. The zero-order chi connectivity index (χ0) is 23.2. The van der Waals surface area contributed by atoms with Crippen LogP contribution in [0.4, 0.5) is 5.69 Å². The van der Waals surface area contributed by atoms with Gasteiger partial charge in [0.15, 0.2) is 12.4 Å². The zero-order valence-electron chi connectivity index (χ0n) is 18.4. The summed E-state index contributed by atoms with van der Waals surface area (Å²) in [4.78, 5) is 29.6. The maximum atomic E-state index is 12.8. The number of aromatic nitrogens is 3. The number of ether oxygens (including phenoxy) is 1. The minimum Gasteiger partial charge on any atom is -0.452 e. The average molecular weight is 441 g/mol. The molecule has 33 heavy (non-hydrogen) atoms. The van der Waals surface area contributed by atoms with Crippen molar-refractivity contribution >= 4 is 17.6 Å². The van der Waals surface area contributed by atoms with E-state index in [0.717, 1.165) is 11.1 Å². The van der Waals surface area contributed by atoms with E-state index in [-0.39, 0.29) is 5.92 Å². The fourth-order valence-electron chi connectivity index (χ4n) is 3.59. The monoisotopic (exact) mass is 440 g/mol. The van der Waals surface area contributed by atoms with Gasteiger partial charge in [-0.15, -0.1) is 0 Å². The van der Waals surface area contributed by atoms with E-state index in [4.69, 9.17) is 4.74 Å². The second kappa shape index (κ2) is 9.91. The molecule has 1 N–H and O–H groups in total. The maximum absolute atomic E-state index is 12.8. The fourth-order valence-corrected chi connectivity index (χ4v) is 3.59. The first-order valence-corrected chi connectivity index (χ1v) is 10.7. The van der Waals surface area contributed by atoms with Crippen molar-refractivity contribution in [1.82, 2.24) is 14.8 Å². The maximum Gasteiger partial charge on any atom is 0.342 e. The first-order valence-electron chi connectivity index (χ1n) is 10.7. The number of para-hydroxylation sites is 1. The Morgan fingerprint density at radius 1 is 0.970 bits per heavy atom. The smallest absolute Gasteiger partial charge is 0.342 e. The lowest BCUT2D eigenvalue weighted by atomic mass is 10.0. The highest BCUT2D eigenvalue weighted by Crippen LogP contribution is 2.27. The average Bonchev–Trinajstić information content (AvgIpc) is 3.30. The molecule has 0 unspecified atom stereocenters. The van der Waals surface area contributed by atoms with Crippen LogP contribution in [0.3, 0.4) is 0 Å². The lowest BCUT2D eigenvalue weighted by Crippen LogP contribution is -2.22. The van der Waals surface area contributed by atoms with Crippen molar-refractivity contribution in [3.8, 4) is 16.9 Å². The van der Waals surface area contributed by atoms with Crippen molar-refractivity contribution in [2.24, 2.45) is 0 Å². The number of esters is 1. The Morgan fingerprint density at radius 3 is 2.42 bits per heavy atom. The summed E-state index contributed by atoms with van der Waals surface area (Å²) in [5.41, 5.74) is 3.50. The van der Waals surface area contributed by atoms with Gasteiger partial charge in [-0.25, -0.2) is 14.5 Å². The fraction of sp³-hybridized carbons (Fsp3) is 0.154. The van der Waals surface area contributed by atoms with Gasteiger partial charge in [-0.05, 0) is 29.7 Å². The number of carbonyl (C=O) groups is 2. The topological polar surface area (TPSA) is 86.1 Å². The van der Waals surface area contributed by atoms with Gasteiger partial charge in [0.25, 0.3) is 5.91 Å². The van der Waals surface area contributed by atoms with Gasteiger partial charge in [0.05, 0.1) is 11.9 Å².